The molecule has 2 rings (SSSR count). The summed E-state index contributed by atoms with van der Waals surface area (Å²) in [5.74, 6) is 0.386. The molecule has 92 valence electrons. The molecule has 0 radical (unpaired) electrons. The van der Waals surface area contributed by atoms with Crippen molar-refractivity contribution in [2.24, 2.45) is 5.92 Å². The van der Waals surface area contributed by atoms with Gasteiger partial charge in [-0.15, -0.1) is 0 Å². The second-order valence-corrected chi connectivity index (χ2v) is 4.80. The van der Waals surface area contributed by atoms with Crippen LogP contribution in [-0.2, 0) is 4.74 Å². The summed E-state index contributed by atoms with van der Waals surface area (Å²) in [5.41, 5.74) is 1.30. The van der Waals surface area contributed by atoms with Gasteiger partial charge >= 0.3 is 5.97 Å². The van der Waals surface area contributed by atoms with Crippen LogP contribution in [0.1, 0.15) is 29.6 Å². The van der Waals surface area contributed by atoms with Gasteiger partial charge in [0.05, 0.1) is 18.4 Å². The largest absolute Gasteiger partial charge is 0.465 e. The molecule has 0 aliphatic heterocycles. The number of carbonyl (C=O) groups excluding carboxylic acids is 1. The van der Waals surface area contributed by atoms with E-state index in [0.29, 0.717) is 10.6 Å². The summed E-state index contributed by atoms with van der Waals surface area (Å²) < 4.78 is 4.74. The van der Waals surface area contributed by atoms with E-state index in [-0.39, 0.29) is 5.97 Å². The molecule has 1 aromatic carbocycles. The number of rotatable bonds is 4. The zero-order valence-corrected chi connectivity index (χ0v) is 10.6. The molecule has 1 aromatic rings. The topological polar surface area (TPSA) is 38.3 Å². The highest BCUT2D eigenvalue weighted by Gasteiger charge is 2.18. The van der Waals surface area contributed by atoms with Gasteiger partial charge in [-0.25, -0.2) is 4.79 Å². The van der Waals surface area contributed by atoms with Crippen LogP contribution in [0.4, 0.5) is 5.69 Å². The lowest BCUT2D eigenvalue weighted by atomic mass is 9.85. The van der Waals surface area contributed by atoms with Crippen molar-refractivity contribution in [3.8, 4) is 0 Å². The predicted molar refractivity (Wildman–Crippen MR) is 68.6 cm³/mol. The van der Waals surface area contributed by atoms with Gasteiger partial charge in [0.2, 0.25) is 0 Å². The van der Waals surface area contributed by atoms with E-state index in [4.69, 9.17) is 16.3 Å². The first-order valence-corrected chi connectivity index (χ1v) is 6.20. The van der Waals surface area contributed by atoms with Crippen LogP contribution in [-0.4, -0.2) is 19.6 Å². The highest BCUT2D eigenvalue weighted by atomic mass is 35.5. The van der Waals surface area contributed by atoms with Crippen molar-refractivity contribution < 1.29 is 9.53 Å². The molecule has 4 heteroatoms. The Morgan fingerprint density at radius 3 is 2.88 bits per heavy atom. The molecule has 0 heterocycles. The molecule has 0 bridgehead atoms. The molecule has 1 aliphatic carbocycles. The first-order valence-electron chi connectivity index (χ1n) is 5.82. The number of anilines is 1. The average molecular weight is 254 g/mol. The number of methoxy groups -OCH3 is 1. The van der Waals surface area contributed by atoms with E-state index in [1.807, 2.05) is 0 Å². The fourth-order valence-corrected chi connectivity index (χ4v) is 2.07. The third-order valence-electron chi connectivity index (χ3n) is 3.19. The van der Waals surface area contributed by atoms with Gasteiger partial charge in [0.1, 0.15) is 0 Å². The molecule has 1 saturated carbocycles. The SMILES string of the molecule is COC(=O)c1ccc(Cl)cc1NCC1CCC1. The smallest absolute Gasteiger partial charge is 0.339 e. The van der Waals surface area contributed by atoms with Gasteiger partial charge < -0.3 is 10.1 Å². The summed E-state index contributed by atoms with van der Waals surface area (Å²) in [5, 5.41) is 3.91. The van der Waals surface area contributed by atoms with Gasteiger partial charge in [-0.05, 0) is 37.0 Å². The fraction of sp³-hybridized carbons (Fsp3) is 0.462. The van der Waals surface area contributed by atoms with E-state index in [9.17, 15) is 4.79 Å². The minimum absolute atomic E-state index is 0.335. The summed E-state index contributed by atoms with van der Waals surface area (Å²) in [7, 11) is 1.38. The van der Waals surface area contributed by atoms with Gasteiger partial charge in [0.25, 0.3) is 0 Å². The molecule has 0 aromatic heterocycles. The third kappa shape index (κ3) is 2.91. The molecule has 1 N–H and O–H groups in total. The Bertz CT molecular complexity index is 416. The second kappa shape index (κ2) is 5.41. The fourth-order valence-electron chi connectivity index (χ4n) is 1.90. The minimum Gasteiger partial charge on any atom is -0.465 e. The maximum Gasteiger partial charge on any atom is 0.339 e. The Morgan fingerprint density at radius 1 is 1.53 bits per heavy atom. The van der Waals surface area contributed by atoms with Crippen LogP contribution in [0, 0.1) is 5.92 Å². The number of ether oxygens (including phenoxy) is 1. The zero-order valence-electron chi connectivity index (χ0n) is 9.83. The number of carbonyl (C=O) groups is 1. The molecule has 0 amide bonds. The van der Waals surface area contributed by atoms with Crippen molar-refractivity contribution in [3.63, 3.8) is 0 Å². The first-order chi connectivity index (χ1) is 8.20. The number of esters is 1. The zero-order chi connectivity index (χ0) is 12.3. The van der Waals surface area contributed by atoms with Crippen LogP contribution >= 0.6 is 11.6 Å². The number of halogens is 1. The van der Waals surface area contributed by atoms with Gasteiger partial charge in [-0.3, -0.25) is 0 Å². The van der Waals surface area contributed by atoms with Crippen LogP contribution in [0.15, 0.2) is 18.2 Å². The van der Waals surface area contributed by atoms with Crippen LogP contribution in [0.25, 0.3) is 0 Å². The quantitative estimate of drug-likeness (QED) is 0.837. The normalized spacial score (nSPS) is 15.2. The third-order valence-corrected chi connectivity index (χ3v) is 3.43. The average Bonchev–Trinajstić information content (AvgIpc) is 2.26. The standard InChI is InChI=1S/C13H16ClNO2/c1-17-13(16)11-6-5-10(14)7-12(11)15-8-9-3-2-4-9/h5-7,9,15H,2-4,8H2,1H3. The first kappa shape index (κ1) is 12.2. The van der Waals surface area contributed by atoms with E-state index in [0.717, 1.165) is 18.2 Å². The van der Waals surface area contributed by atoms with E-state index in [1.54, 1.807) is 18.2 Å². The van der Waals surface area contributed by atoms with Crippen molar-refractivity contribution in [1.29, 1.82) is 0 Å². The molecule has 1 aliphatic rings. The lowest BCUT2D eigenvalue weighted by Gasteiger charge is -2.26. The molecule has 3 nitrogen and oxygen atoms in total. The Balaban J connectivity index is 2.11. The van der Waals surface area contributed by atoms with E-state index in [2.05, 4.69) is 5.32 Å². The number of nitrogens with one attached hydrogen (secondary N) is 1. The van der Waals surface area contributed by atoms with Crippen molar-refractivity contribution in [2.75, 3.05) is 19.0 Å². The predicted octanol–water partition coefficient (Wildman–Crippen LogP) is 3.34. The Kier molecular flexibility index (Phi) is 3.89. The maximum absolute atomic E-state index is 11.6. The van der Waals surface area contributed by atoms with Gasteiger partial charge in [-0.2, -0.15) is 0 Å². The summed E-state index contributed by atoms with van der Waals surface area (Å²) in [6.07, 6.45) is 3.84. The van der Waals surface area contributed by atoms with Crippen LogP contribution in [0.5, 0.6) is 0 Å². The molecule has 0 unspecified atom stereocenters. The van der Waals surface area contributed by atoms with Gasteiger partial charge in [0, 0.05) is 11.6 Å². The molecule has 0 atom stereocenters. The van der Waals surface area contributed by atoms with Crippen molar-refractivity contribution in [2.45, 2.75) is 19.3 Å². The van der Waals surface area contributed by atoms with Crippen LogP contribution in [0.2, 0.25) is 5.02 Å². The molecular formula is C13H16ClNO2. The van der Waals surface area contributed by atoms with Gasteiger partial charge in [0.15, 0.2) is 0 Å². The minimum atomic E-state index is -0.335. The Labute approximate surface area is 106 Å². The molecule has 0 saturated heterocycles. The van der Waals surface area contributed by atoms with Crippen molar-refractivity contribution in [3.05, 3.63) is 28.8 Å². The number of hydrogen-bond donors (Lipinski definition) is 1. The monoisotopic (exact) mass is 253 g/mol. The molecule has 17 heavy (non-hydrogen) atoms. The highest BCUT2D eigenvalue weighted by Crippen LogP contribution is 2.28. The summed E-state index contributed by atoms with van der Waals surface area (Å²) in [6.45, 7) is 0.893. The van der Waals surface area contributed by atoms with Crippen molar-refractivity contribution >= 4 is 23.3 Å². The molecule has 1 fully saturated rings. The molecular weight excluding hydrogens is 238 g/mol. The number of benzene rings is 1. The van der Waals surface area contributed by atoms with Crippen LogP contribution < -0.4 is 5.32 Å². The lowest BCUT2D eigenvalue weighted by Crippen LogP contribution is -2.21. The Morgan fingerprint density at radius 2 is 2.29 bits per heavy atom. The lowest BCUT2D eigenvalue weighted by molar-refractivity contribution is 0.0602. The summed E-state index contributed by atoms with van der Waals surface area (Å²) in [4.78, 5) is 11.6. The van der Waals surface area contributed by atoms with E-state index >= 15 is 0 Å². The van der Waals surface area contributed by atoms with E-state index in [1.165, 1.54) is 26.4 Å². The molecule has 0 spiro atoms. The number of hydrogen-bond acceptors (Lipinski definition) is 3. The van der Waals surface area contributed by atoms with E-state index < -0.39 is 0 Å². The van der Waals surface area contributed by atoms with Gasteiger partial charge in [-0.1, -0.05) is 18.0 Å². The Hall–Kier alpha value is -1.22. The summed E-state index contributed by atoms with van der Waals surface area (Å²) >= 11 is 5.94. The van der Waals surface area contributed by atoms with Crippen LogP contribution in [0.3, 0.4) is 0 Å². The van der Waals surface area contributed by atoms with Crippen molar-refractivity contribution in [1.82, 2.24) is 0 Å². The highest BCUT2D eigenvalue weighted by molar-refractivity contribution is 6.31. The maximum atomic E-state index is 11.6. The summed E-state index contributed by atoms with van der Waals surface area (Å²) in [6, 6.07) is 5.16. The second-order valence-electron chi connectivity index (χ2n) is 4.36.